The number of methoxy groups -OCH3 is 3. The Morgan fingerprint density at radius 2 is 1.41 bits per heavy atom. The molecule has 5 heteroatoms. The van der Waals surface area contributed by atoms with Gasteiger partial charge in [0, 0.05) is 12.6 Å². The number of anilines is 1. The average molecular weight is 303 g/mol. The molecule has 0 aliphatic heterocycles. The zero-order chi connectivity index (χ0) is 15.8. The summed E-state index contributed by atoms with van der Waals surface area (Å²) in [5.74, 6) is 3.16. The number of benzene rings is 2. The van der Waals surface area contributed by atoms with Crippen molar-refractivity contribution < 1.29 is 18.9 Å². The molecule has 1 N–H and O–H groups in total. The van der Waals surface area contributed by atoms with E-state index in [1.54, 1.807) is 21.3 Å². The molecule has 5 nitrogen and oxygen atoms in total. The van der Waals surface area contributed by atoms with E-state index in [0.717, 1.165) is 28.7 Å². The van der Waals surface area contributed by atoms with Crippen LogP contribution in [0.25, 0.3) is 0 Å². The molecule has 0 aliphatic rings. The second-order valence-electron chi connectivity index (χ2n) is 4.52. The van der Waals surface area contributed by atoms with Crippen LogP contribution in [0.4, 0.5) is 5.69 Å². The fourth-order valence-electron chi connectivity index (χ4n) is 1.98. The Hall–Kier alpha value is -2.56. The quantitative estimate of drug-likeness (QED) is 0.759. The van der Waals surface area contributed by atoms with E-state index in [1.807, 2.05) is 42.5 Å². The third-order valence-electron chi connectivity index (χ3n) is 3.15. The Labute approximate surface area is 130 Å². The van der Waals surface area contributed by atoms with Crippen molar-refractivity contribution in [2.75, 3.05) is 39.8 Å². The summed E-state index contributed by atoms with van der Waals surface area (Å²) in [6, 6.07) is 13.1. The van der Waals surface area contributed by atoms with Gasteiger partial charge in [-0.1, -0.05) is 0 Å². The van der Waals surface area contributed by atoms with Gasteiger partial charge in [-0.15, -0.1) is 0 Å². The van der Waals surface area contributed by atoms with Gasteiger partial charge in [0.2, 0.25) is 0 Å². The van der Waals surface area contributed by atoms with Gasteiger partial charge in [0.15, 0.2) is 0 Å². The van der Waals surface area contributed by atoms with E-state index < -0.39 is 0 Å². The number of hydrogen-bond acceptors (Lipinski definition) is 5. The molecule has 22 heavy (non-hydrogen) atoms. The van der Waals surface area contributed by atoms with Crippen molar-refractivity contribution in [3.63, 3.8) is 0 Å². The van der Waals surface area contributed by atoms with Crippen molar-refractivity contribution in [1.82, 2.24) is 0 Å². The monoisotopic (exact) mass is 303 g/mol. The van der Waals surface area contributed by atoms with Crippen molar-refractivity contribution in [1.29, 1.82) is 0 Å². The molecule has 0 aromatic heterocycles. The van der Waals surface area contributed by atoms with Crippen LogP contribution in [0, 0.1) is 0 Å². The molecule has 0 saturated heterocycles. The minimum Gasteiger partial charge on any atom is -0.497 e. The summed E-state index contributed by atoms with van der Waals surface area (Å²) >= 11 is 0. The van der Waals surface area contributed by atoms with Crippen molar-refractivity contribution in [3.05, 3.63) is 42.5 Å². The molecule has 2 rings (SSSR count). The van der Waals surface area contributed by atoms with Crippen LogP contribution in [0.5, 0.6) is 23.0 Å². The minimum absolute atomic E-state index is 0.534. The Balaban J connectivity index is 1.85. The van der Waals surface area contributed by atoms with Crippen molar-refractivity contribution >= 4 is 5.69 Å². The fourth-order valence-corrected chi connectivity index (χ4v) is 1.98. The topological polar surface area (TPSA) is 49.0 Å². The highest BCUT2D eigenvalue weighted by Crippen LogP contribution is 2.28. The van der Waals surface area contributed by atoms with Gasteiger partial charge in [-0.25, -0.2) is 0 Å². The molecular weight excluding hydrogens is 282 g/mol. The van der Waals surface area contributed by atoms with Crippen molar-refractivity contribution in [2.45, 2.75) is 0 Å². The summed E-state index contributed by atoms with van der Waals surface area (Å²) in [5.41, 5.74) is 0.875. The minimum atomic E-state index is 0.534. The molecule has 0 aliphatic carbocycles. The molecule has 2 aromatic rings. The van der Waals surface area contributed by atoms with Gasteiger partial charge in [-0.3, -0.25) is 0 Å². The molecule has 0 saturated carbocycles. The lowest BCUT2D eigenvalue weighted by atomic mass is 10.2. The molecular formula is C17H21NO4. The Morgan fingerprint density at radius 3 is 2.05 bits per heavy atom. The first-order chi connectivity index (χ1) is 10.8. The first kappa shape index (κ1) is 15.8. The smallest absolute Gasteiger partial charge is 0.142 e. The van der Waals surface area contributed by atoms with Crippen LogP contribution in [0.15, 0.2) is 42.5 Å². The Morgan fingerprint density at radius 1 is 0.773 bits per heavy atom. The SMILES string of the molecule is COc1ccc(OCCNc2cc(OC)ccc2OC)cc1. The van der Waals surface area contributed by atoms with E-state index in [9.17, 15) is 0 Å². The predicted octanol–water partition coefficient (Wildman–Crippen LogP) is 3.20. The standard InChI is InChI=1S/C17H21NO4/c1-19-13-4-6-14(7-5-13)22-11-10-18-16-12-15(20-2)8-9-17(16)21-3/h4-9,12,18H,10-11H2,1-3H3. The van der Waals surface area contributed by atoms with Gasteiger partial charge in [-0.2, -0.15) is 0 Å². The van der Waals surface area contributed by atoms with Crippen LogP contribution < -0.4 is 24.3 Å². The van der Waals surface area contributed by atoms with Gasteiger partial charge in [0.05, 0.1) is 27.0 Å². The molecule has 2 aromatic carbocycles. The maximum absolute atomic E-state index is 5.67. The van der Waals surface area contributed by atoms with Gasteiger partial charge in [0.25, 0.3) is 0 Å². The first-order valence-corrected chi connectivity index (χ1v) is 6.99. The summed E-state index contributed by atoms with van der Waals surface area (Å²) in [6.45, 7) is 1.18. The van der Waals surface area contributed by atoms with E-state index in [2.05, 4.69) is 5.32 Å². The maximum Gasteiger partial charge on any atom is 0.142 e. The number of hydrogen-bond donors (Lipinski definition) is 1. The van der Waals surface area contributed by atoms with Gasteiger partial charge in [-0.05, 0) is 36.4 Å². The van der Waals surface area contributed by atoms with Gasteiger partial charge in [0.1, 0.15) is 29.6 Å². The fraction of sp³-hybridized carbons (Fsp3) is 0.294. The normalized spacial score (nSPS) is 9.95. The third kappa shape index (κ3) is 4.22. The molecule has 0 spiro atoms. The van der Waals surface area contributed by atoms with E-state index in [4.69, 9.17) is 18.9 Å². The lowest BCUT2D eigenvalue weighted by Gasteiger charge is -2.13. The Kier molecular flexibility index (Phi) is 5.77. The Bertz CT molecular complexity index is 584. The highest BCUT2D eigenvalue weighted by molar-refractivity contribution is 5.59. The summed E-state index contributed by atoms with van der Waals surface area (Å²) in [7, 11) is 4.92. The molecule has 0 heterocycles. The lowest BCUT2D eigenvalue weighted by molar-refractivity contribution is 0.331. The van der Waals surface area contributed by atoms with Crippen LogP contribution in [0.3, 0.4) is 0 Å². The van der Waals surface area contributed by atoms with Crippen molar-refractivity contribution in [3.8, 4) is 23.0 Å². The van der Waals surface area contributed by atoms with E-state index in [0.29, 0.717) is 13.2 Å². The third-order valence-corrected chi connectivity index (χ3v) is 3.15. The second-order valence-corrected chi connectivity index (χ2v) is 4.52. The van der Waals surface area contributed by atoms with E-state index >= 15 is 0 Å². The molecule has 0 fully saturated rings. The van der Waals surface area contributed by atoms with Gasteiger partial charge < -0.3 is 24.3 Å². The highest BCUT2D eigenvalue weighted by atomic mass is 16.5. The summed E-state index contributed by atoms with van der Waals surface area (Å²) in [5, 5.41) is 3.28. The molecule has 0 atom stereocenters. The van der Waals surface area contributed by atoms with Crippen LogP contribution >= 0.6 is 0 Å². The van der Waals surface area contributed by atoms with Crippen LogP contribution in [-0.2, 0) is 0 Å². The summed E-state index contributed by atoms with van der Waals surface area (Å²) < 4.78 is 21.3. The molecule has 0 amide bonds. The maximum atomic E-state index is 5.67. The van der Waals surface area contributed by atoms with E-state index in [-0.39, 0.29) is 0 Å². The van der Waals surface area contributed by atoms with E-state index in [1.165, 1.54) is 0 Å². The zero-order valence-electron chi connectivity index (χ0n) is 13.1. The largest absolute Gasteiger partial charge is 0.497 e. The van der Waals surface area contributed by atoms with Crippen LogP contribution in [0.2, 0.25) is 0 Å². The summed E-state index contributed by atoms with van der Waals surface area (Å²) in [6.07, 6.45) is 0. The van der Waals surface area contributed by atoms with Crippen molar-refractivity contribution in [2.24, 2.45) is 0 Å². The highest BCUT2D eigenvalue weighted by Gasteiger charge is 2.04. The summed E-state index contributed by atoms with van der Waals surface area (Å²) in [4.78, 5) is 0. The number of ether oxygens (including phenoxy) is 4. The molecule has 0 bridgehead atoms. The van der Waals surface area contributed by atoms with Crippen LogP contribution in [0.1, 0.15) is 0 Å². The zero-order valence-corrected chi connectivity index (χ0v) is 13.1. The molecule has 0 radical (unpaired) electrons. The lowest BCUT2D eigenvalue weighted by Crippen LogP contribution is -2.12. The average Bonchev–Trinajstić information content (AvgIpc) is 2.59. The number of nitrogens with one attached hydrogen (secondary N) is 1. The second kappa shape index (κ2) is 8.02. The van der Waals surface area contributed by atoms with Gasteiger partial charge >= 0.3 is 0 Å². The predicted molar refractivity (Wildman–Crippen MR) is 86.5 cm³/mol. The first-order valence-electron chi connectivity index (χ1n) is 6.99. The number of rotatable bonds is 8. The molecule has 0 unspecified atom stereocenters. The van der Waals surface area contributed by atoms with Crippen LogP contribution in [-0.4, -0.2) is 34.5 Å². The molecule has 118 valence electrons.